The third-order valence-electron chi connectivity index (χ3n) is 4.12. The van der Waals surface area contributed by atoms with Gasteiger partial charge in [-0.15, -0.1) is 0 Å². The van der Waals surface area contributed by atoms with E-state index >= 15 is 0 Å². The summed E-state index contributed by atoms with van der Waals surface area (Å²) >= 11 is 0. The number of rotatable bonds is 4. The monoisotopic (exact) mass is 325 g/mol. The van der Waals surface area contributed by atoms with Gasteiger partial charge in [-0.25, -0.2) is 0 Å². The lowest BCUT2D eigenvalue weighted by atomic mass is 10.1. The minimum Gasteiger partial charge on any atom is -0.486 e. The third-order valence-corrected chi connectivity index (χ3v) is 4.12. The van der Waals surface area contributed by atoms with Gasteiger partial charge in [0.05, 0.1) is 0 Å². The van der Waals surface area contributed by atoms with Gasteiger partial charge in [0, 0.05) is 18.7 Å². The van der Waals surface area contributed by atoms with Gasteiger partial charge in [0.25, 0.3) is 5.91 Å². The second-order valence-corrected chi connectivity index (χ2v) is 6.17. The maximum atomic E-state index is 12.8. The van der Waals surface area contributed by atoms with E-state index in [0.717, 1.165) is 33.8 Å². The zero-order valence-electron chi connectivity index (χ0n) is 14.5. The molecule has 1 amide bonds. The first kappa shape index (κ1) is 16.4. The normalized spacial score (nSPS) is 12.8. The number of benzene rings is 2. The summed E-state index contributed by atoms with van der Waals surface area (Å²) in [7, 11) is 0. The van der Waals surface area contributed by atoms with Crippen LogP contribution in [-0.4, -0.2) is 30.6 Å². The van der Waals surface area contributed by atoms with E-state index in [0.29, 0.717) is 26.3 Å². The molecule has 0 fully saturated rings. The van der Waals surface area contributed by atoms with Crippen LogP contribution in [0.1, 0.15) is 34.0 Å². The van der Waals surface area contributed by atoms with Crippen LogP contribution in [0.5, 0.6) is 11.5 Å². The first-order valence-corrected chi connectivity index (χ1v) is 8.33. The molecule has 4 nitrogen and oxygen atoms in total. The van der Waals surface area contributed by atoms with E-state index in [1.165, 1.54) is 0 Å². The Balaban J connectivity index is 1.80. The standard InChI is InChI=1S/C20H23NO3/c1-4-21(20(22)17-10-14(2)9-15(3)11-17)13-16-5-6-18-19(12-16)24-8-7-23-18/h5-6,9-12H,4,7-8,13H2,1-3H3. The maximum Gasteiger partial charge on any atom is 0.254 e. The highest BCUT2D eigenvalue weighted by Gasteiger charge is 2.17. The lowest BCUT2D eigenvalue weighted by molar-refractivity contribution is 0.0752. The van der Waals surface area contributed by atoms with Gasteiger partial charge in [-0.2, -0.15) is 0 Å². The maximum absolute atomic E-state index is 12.8. The highest BCUT2D eigenvalue weighted by Crippen LogP contribution is 2.31. The topological polar surface area (TPSA) is 38.8 Å². The number of hydrogen-bond donors (Lipinski definition) is 0. The molecule has 1 aliphatic rings. The first-order chi connectivity index (χ1) is 11.6. The summed E-state index contributed by atoms with van der Waals surface area (Å²) in [5, 5.41) is 0. The molecule has 0 unspecified atom stereocenters. The van der Waals surface area contributed by atoms with Crippen molar-refractivity contribution in [3.63, 3.8) is 0 Å². The van der Waals surface area contributed by atoms with Gasteiger partial charge >= 0.3 is 0 Å². The van der Waals surface area contributed by atoms with E-state index in [1.54, 1.807) is 0 Å². The molecule has 1 heterocycles. The van der Waals surface area contributed by atoms with Crippen molar-refractivity contribution in [1.82, 2.24) is 4.90 Å². The van der Waals surface area contributed by atoms with E-state index in [9.17, 15) is 4.79 Å². The van der Waals surface area contributed by atoms with E-state index in [2.05, 4.69) is 6.07 Å². The molecule has 0 saturated heterocycles. The zero-order chi connectivity index (χ0) is 17.1. The Morgan fingerprint density at radius 1 is 1.00 bits per heavy atom. The summed E-state index contributed by atoms with van der Waals surface area (Å²) in [6.45, 7) is 8.38. The van der Waals surface area contributed by atoms with Crippen molar-refractivity contribution in [1.29, 1.82) is 0 Å². The predicted octanol–water partition coefficient (Wildman–Crippen LogP) is 3.74. The van der Waals surface area contributed by atoms with Crippen LogP contribution in [-0.2, 0) is 6.54 Å². The predicted molar refractivity (Wildman–Crippen MR) is 93.8 cm³/mol. The molecule has 0 saturated carbocycles. The average molecular weight is 325 g/mol. The molecule has 0 aromatic heterocycles. The fourth-order valence-corrected chi connectivity index (χ4v) is 3.01. The molecule has 0 radical (unpaired) electrons. The van der Waals surface area contributed by atoms with Crippen LogP contribution < -0.4 is 9.47 Å². The summed E-state index contributed by atoms with van der Waals surface area (Å²) < 4.78 is 11.2. The summed E-state index contributed by atoms with van der Waals surface area (Å²) in [6, 6.07) is 11.8. The molecular weight excluding hydrogens is 302 g/mol. The molecule has 2 aromatic carbocycles. The van der Waals surface area contributed by atoms with Gasteiger partial charge in [0.15, 0.2) is 11.5 Å². The first-order valence-electron chi connectivity index (χ1n) is 8.33. The van der Waals surface area contributed by atoms with E-state index < -0.39 is 0 Å². The number of carbonyl (C=O) groups is 1. The highest BCUT2D eigenvalue weighted by molar-refractivity contribution is 5.94. The number of nitrogens with zero attached hydrogens (tertiary/aromatic N) is 1. The summed E-state index contributed by atoms with van der Waals surface area (Å²) in [6.07, 6.45) is 0. The Labute approximate surface area is 143 Å². The lowest BCUT2D eigenvalue weighted by Crippen LogP contribution is -2.30. The van der Waals surface area contributed by atoms with Crippen molar-refractivity contribution < 1.29 is 14.3 Å². The molecule has 0 spiro atoms. The van der Waals surface area contributed by atoms with Crippen LogP contribution in [0.4, 0.5) is 0 Å². The van der Waals surface area contributed by atoms with Gasteiger partial charge in [0.2, 0.25) is 0 Å². The second kappa shape index (κ2) is 6.95. The number of hydrogen-bond acceptors (Lipinski definition) is 3. The Hall–Kier alpha value is -2.49. The van der Waals surface area contributed by atoms with E-state index in [4.69, 9.17) is 9.47 Å². The molecule has 1 aliphatic heterocycles. The van der Waals surface area contributed by atoms with E-state index in [-0.39, 0.29) is 5.91 Å². The number of amides is 1. The minimum atomic E-state index is 0.0548. The van der Waals surface area contributed by atoms with E-state index in [1.807, 2.05) is 56.0 Å². The SMILES string of the molecule is CCN(Cc1ccc2c(c1)OCCO2)C(=O)c1cc(C)cc(C)c1. The highest BCUT2D eigenvalue weighted by atomic mass is 16.6. The van der Waals surface area contributed by atoms with Crippen LogP contribution in [0, 0.1) is 13.8 Å². The van der Waals surface area contributed by atoms with Crippen molar-refractivity contribution >= 4 is 5.91 Å². The second-order valence-electron chi connectivity index (χ2n) is 6.17. The van der Waals surface area contributed by atoms with Gasteiger partial charge in [-0.05, 0) is 50.6 Å². The molecule has 0 aliphatic carbocycles. The van der Waals surface area contributed by atoms with Crippen molar-refractivity contribution in [3.8, 4) is 11.5 Å². The molecule has 0 N–H and O–H groups in total. The average Bonchev–Trinajstić information content (AvgIpc) is 2.58. The zero-order valence-corrected chi connectivity index (χ0v) is 14.5. The Kier molecular flexibility index (Phi) is 4.74. The van der Waals surface area contributed by atoms with Crippen LogP contribution in [0.3, 0.4) is 0 Å². The fourth-order valence-electron chi connectivity index (χ4n) is 3.01. The number of carbonyl (C=O) groups excluding carboxylic acids is 1. The largest absolute Gasteiger partial charge is 0.486 e. The minimum absolute atomic E-state index is 0.0548. The number of ether oxygens (including phenoxy) is 2. The fraction of sp³-hybridized carbons (Fsp3) is 0.350. The number of aryl methyl sites for hydroxylation is 2. The van der Waals surface area contributed by atoms with Gasteiger partial charge in [0.1, 0.15) is 13.2 Å². The smallest absolute Gasteiger partial charge is 0.254 e. The quantitative estimate of drug-likeness (QED) is 0.859. The summed E-state index contributed by atoms with van der Waals surface area (Å²) in [4.78, 5) is 14.7. The van der Waals surface area contributed by atoms with Crippen LogP contribution >= 0.6 is 0 Å². The summed E-state index contributed by atoms with van der Waals surface area (Å²) in [5.41, 5.74) is 3.99. The Morgan fingerprint density at radius 3 is 2.33 bits per heavy atom. The van der Waals surface area contributed by atoms with Crippen molar-refractivity contribution in [2.45, 2.75) is 27.3 Å². The van der Waals surface area contributed by atoms with Crippen LogP contribution in [0.15, 0.2) is 36.4 Å². The van der Waals surface area contributed by atoms with Crippen molar-refractivity contribution in [3.05, 3.63) is 58.7 Å². The molecule has 4 heteroatoms. The van der Waals surface area contributed by atoms with Crippen LogP contribution in [0.25, 0.3) is 0 Å². The third kappa shape index (κ3) is 3.53. The number of fused-ring (bicyclic) bond motifs is 1. The van der Waals surface area contributed by atoms with Gasteiger partial charge < -0.3 is 14.4 Å². The molecular formula is C20H23NO3. The van der Waals surface area contributed by atoms with Gasteiger partial charge in [-0.3, -0.25) is 4.79 Å². The Morgan fingerprint density at radius 2 is 1.67 bits per heavy atom. The molecule has 0 atom stereocenters. The van der Waals surface area contributed by atoms with Gasteiger partial charge in [-0.1, -0.05) is 23.3 Å². The summed E-state index contributed by atoms with van der Waals surface area (Å²) in [5.74, 6) is 1.58. The molecule has 0 bridgehead atoms. The lowest BCUT2D eigenvalue weighted by Gasteiger charge is -2.23. The van der Waals surface area contributed by atoms with Crippen molar-refractivity contribution in [2.24, 2.45) is 0 Å². The molecule has 3 rings (SSSR count). The molecule has 24 heavy (non-hydrogen) atoms. The Bertz CT molecular complexity index is 734. The van der Waals surface area contributed by atoms with Crippen molar-refractivity contribution in [2.75, 3.05) is 19.8 Å². The molecule has 2 aromatic rings. The molecule has 126 valence electrons. The van der Waals surface area contributed by atoms with Crippen LogP contribution in [0.2, 0.25) is 0 Å².